The van der Waals surface area contributed by atoms with E-state index in [-0.39, 0.29) is 17.1 Å². The number of hydrogen-bond acceptors (Lipinski definition) is 3. The van der Waals surface area contributed by atoms with Gasteiger partial charge in [-0.3, -0.25) is 10.1 Å². The van der Waals surface area contributed by atoms with E-state index in [1.165, 1.54) is 0 Å². The van der Waals surface area contributed by atoms with Crippen molar-refractivity contribution >= 4 is 34.8 Å². The van der Waals surface area contributed by atoms with E-state index >= 15 is 0 Å². The summed E-state index contributed by atoms with van der Waals surface area (Å²) in [6.07, 6.45) is 0.140. The van der Waals surface area contributed by atoms with Crippen LogP contribution in [0.15, 0.2) is 48.5 Å². The first-order chi connectivity index (χ1) is 11.5. The molecule has 0 heterocycles. The summed E-state index contributed by atoms with van der Waals surface area (Å²) in [4.78, 5) is 12.1. The third-order valence-electron chi connectivity index (χ3n) is 3.09. The molecule has 0 radical (unpaired) electrons. The van der Waals surface area contributed by atoms with Crippen LogP contribution in [0.3, 0.4) is 0 Å². The van der Waals surface area contributed by atoms with Crippen LogP contribution in [0.1, 0.15) is 29.8 Å². The summed E-state index contributed by atoms with van der Waals surface area (Å²) >= 11 is 11.1. The Morgan fingerprint density at radius 2 is 1.83 bits per heavy atom. The normalized spacial score (nSPS) is 10.3. The molecule has 2 N–H and O–H groups in total. The van der Waals surface area contributed by atoms with Gasteiger partial charge in [0.25, 0.3) is 5.91 Å². The van der Waals surface area contributed by atoms with Crippen LogP contribution in [-0.4, -0.2) is 17.1 Å². The van der Waals surface area contributed by atoms with Crippen LogP contribution >= 0.6 is 23.8 Å². The summed E-state index contributed by atoms with van der Waals surface area (Å²) in [7, 11) is 0. The molecule has 2 rings (SSSR count). The summed E-state index contributed by atoms with van der Waals surface area (Å²) in [5.74, 6) is 0.488. The molecule has 2 aromatic carbocycles. The average Bonchev–Trinajstić information content (AvgIpc) is 2.54. The predicted molar refractivity (Wildman–Crippen MR) is 101 cm³/mol. The van der Waals surface area contributed by atoms with E-state index < -0.39 is 0 Å². The van der Waals surface area contributed by atoms with Crippen molar-refractivity contribution in [2.45, 2.75) is 26.5 Å². The van der Waals surface area contributed by atoms with Gasteiger partial charge in [-0.1, -0.05) is 35.9 Å². The van der Waals surface area contributed by atoms with Crippen molar-refractivity contribution < 1.29 is 9.53 Å². The van der Waals surface area contributed by atoms with Crippen molar-refractivity contribution in [3.05, 3.63) is 64.7 Å². The standard InChI is InChI=1S/C18H19ClN2O2S/c1-12(2)23-14-9-7-13(8-10-14)11-20-18(24)21-17(22)15-5-3-4-6-16(15)19/h3-10,12H,11H2,1-2H3,(H2,20,21,22,24). The summed E-state index contributed by atoms with van der Waals surface area (Å²) < 4.78 is 5.59. The lowest BCUT2D eigenvalue weighted by atomic mass is 10.2. The quantitative estimate of drug-likeness (QED) is 0.791. The number of thiocarbonyl (C=S) groups is 1. The second kappa shape index (κ2) is 8.66. The van der Waals surface area contributed by atoms with Gasteiger partial charge >= 0.3 is 0 Å². The van der Waals surface area contributed by atoms with Gasteiger partial charge in [-0.05, 0) is 55.9 Å². The minimum atomic E-state index is -0.334. The third kappa shape index (κ3) is 5.51. The van der Waals surface area contributed by atoms with Gasteiger partial charge in [0.1, 0.15) is 5.75 Å². The Hall–Kier alpha value is -2.11. The molecule has 0 aliphatic rings. The first-order valence-electron chi connectivity index (χ1n) is 7.55. The van der Waals surface area contributed by atoms with E-state index in [1.807, 2.05) is 38.1 Å². The topological polar surface area (TPSA) is 50.4 Å². The molecule has 2 aromatic rings. The monoisotopic (exact) mass is 362 g/mol. The highest BCUT2D eigenvalue weighted by Gasteiger charge is 2.10. The fraction of sp³-hybridized carbons (Fsp3) is 0.222. The molecule has 0 aliphatic carbocycles. The van der Waals surface area contributed by atoms with E-state index in [0.29, 0.717) is 17.1 Å². The molecule has 0 unspecified atom stereocenters. The average molecular weight is 363 g/mol. The number of carbonyl (C=O) groups is 1. The van der Waals surface area contributed by atoms with Crippen molar-refractivity contribution in [3.8, 4) is 5.75 Å². The van der Waals surface area contributed by atoms with E-state index in [0.717, 1.165) is 11.3 Å². The fourth-order valence-corrected chi connectivity index (χ4v) is 2.39. The van der Waals surface area contributed by atoms with Crippen LogP contribution in [-0.2, 0) is 6.54 Å². The maximum atomic E-state index is 12.1. The van der Waals surface area contributed by atoms with Crippen LogP contribution in [0.5, 0.6) is 5.75 Å². The molecule has 24 heavy (non-hydrogen) atoms. The molecular formula is C18H19ClN2O2S. The Kier molecular flexibility index (Phi) is 6.58. The van der Waals surface area contributed by atoms with Crippen LogP contribution in [0.25, 0.3) is 0 Å². The number of hydrogen-bond donors (Lipinski definition) is 2. The zero-order valence-electron chi connectivity index (χ0n) is 13.5. The largest absolute Gasteiger partial charge is 0.491 e. The highest BCUT2D eigenvalue weighted by atomic mass is 35.5. The maximum Gasteiger partial charge on any atom is 0.258 e. The van der Waals surface area contributed by atoms with Crippen LogP contribution in [0, 0.1) is 0 Å². The van der Waals surface area contributed by atoms with Crippen molar-refractivity contribution in [2.24, 2.45) is 0 Å². The summed E-state index contributed by atoms with van der Waals surface area (Å²) in [5.41, 5.74) is 1.42. The van der Waals surface area contributed by atoms with Gasteiger partial charge < -0.3 is 10.1 Å². The number of rotatable bonds is 5. The van der Waals surface area contributed by atoms with Gasteiger partial charge in [-0.15, -0.1) is 0 Å². The Labute approximate surface area is 152 Å². The number of nitrogens with one attached hydrogen (secondary N) is 2. The minimum Gasteiger partial charge on any atom is -0.491 e. The summed E-state index contributed by atoms with van der Waals surface area (Å²) in [5, 5.41) is 6.25. The zero-order chi connectivity index (χ0) is 17.5. The third-order valence-corrected chi connectivity index (χ3v) is 3.67. The SMILES string of the molecule is CC(C)Oc1ccc(CNC(=S)NC(=O)c2ccccc2Cl)cc1. The molecule has 0 saturated carbocycles. The molecule has 0 spiro atoms. The number of amides is 1. The molecule has 0 saturated heterocycles. The Balaban J connectivity index is 1.85. The van der Waals surface area contributed by atoms with Crippen molar-refractivity contribution in [1.29, 1.82) is 0 Å². The van der Waals surface area contributed by atoms with E-state index in [2.05, 4.69) is 10.6 Å². The molecule has 0 aromatic heterocycles. The molecule has 0 fully saturated rings. The molecule has 6 heteroatoms. The van der Waals surface area contributed by atoms with Gasteiger partial charge in [0.05, 0.1) is 16.7 Å². The summed E-state index contributed by atoms with van der Waals surface area (Å²) in [6.45, 7) is 4.47. The lowest BCUT2D eigenvalue weighted by Gasteiger charge is -2.12. The van der Waals surface area contributed by atoms with Crippen LogP contribution in [0.4, 0.5) is 0 Å². The van der Waals surface area contributed by atoms with Gasteiger partial charge in [0.15, 0.2) is 5.11 Å². The first-order valence-corrected chi connectivity index (χ1v) is 8.33. The maximum absolute atomic E-state index is 12.1. The molecule has 0 bridgehead atoms. The number of halogens is 1. The van der Waals surface area contributed by atoms with Gasteiger partial charge in [0, 0.05) is 6.54 Å². The molecular weight excluding hydrogens is 344 g/mol. The highest BCUT2D eigenvalue weighted by Crippen LogP contribution is 2.15. The highest BCUT2D eigenvalue weighted by molar-refractivity contribution is 7.80. The van der Waals surface area contributed by atoms with Crippen LogP contribution < -0.4 is 15.4 Å². The lowest BCUT2D eigenvalue weighted by Crippen LogP contribution is -2.38. The van der Waals surface area contributed by atoms with Gasteiger partial charge in [-0.2, -0.15) is 0 Å². The number of carbonyl (C=O) groups excluding carboxylic acids is 1. The Morgan fingerprint density at radius 3 is 2.46 bits per heavy atom. The van der Waals surface area contributed by atoms with Crippen molar-refractivity contribution in [3.63, 3.8) is 0 Å². The predicted octanol–water partition coefficient (Wildman–Crippen LogP) is 3.93. The molecule has 126 valence electrons. The van der Waals surface area contributed by atoms with Crippen LogP contribution in [0.2, 0.25) is 5.02 Å². The second-order valence-electron chi connectivity index (χ2n) is 5.43. The molecule has 1 amide bonds. The lowest BCUT2D eigenvalue weighted by molar-refractivity contribution is 0.0977. The van der Waals surface area contributed by atoms with E-state index in [4.69, 9.17) is 28.6 Å². The Bertz CT molecular complexity index is 717. The van der Waals surface area contributed by atoms with E-state index in [1.54, 1.807) is 24.3 Å². The second-order valence-corrected chi connectivity index (χ2v) is 6.24. The first kappa shape index (κ1) is 18.2. The number of benzene rings is 2. The molecule has 0 aliphatic heterocycles. The Morgan fingerprint density at radius 1 is 1.17 bits per heavy atom. The zero-order valence-corrected chi connectivity index (χ0v) is 15.1. The molecule has 0 atom stereocenters. The van der Waals surface area contributed by atoms with E-state index in [9.17, 15) is 4.79 Å². The minimum absolute atomic E-state index is 0.140. The van der Waals surface area contributed by atoms with Gasteiger partial charge in [0.2, 0.25) is 0 Å². The summed E-state index contributed by atoms with van der Waals surface area (Å²) in [6, 6.07) is 14.5. The van der Waals surface area contributed by atoms with Crippen molar-refractivity contribution in [2.75, 3.05) is 0 Å². The van der Waals surface area contributed by atoms with Crippen molar-refractivity contribution in [1.82, 2.24) is 10.6 Å². The molecule has 4 nitrogen and oxygen atoms in total. The van der Waals surface area contributed by atoms with Gasteiger partial charge in [-0.25, -0.2) is 0 Å². The fourth-order valence-electron chi connectivity index (χ4n) is 2.00. The number of ether oxygens (including phenoxy) is 1. The smallest absolute Gasteiger partial charge is 0.258 e.